The molecule has 0 fully saturated rings. The van der Waals surface area contributed by atoms with Gasteiger partial charge in [0.15, 0.2) is 0 Å². The van der Waals surface area contributed by atoms with Gasteiger partial charge in [0.1, 0.15) is 5.75 Å². The normalized spacial score (nSPS) is 12.2. The van der Waals surface area contributed by atoms with Gasteiger partial charge in [-0.2, -0.15) is 0 Å². The molecule has 0 saturated heterocycles. The minimum atomic E-state index is -0.0324. The molecule has 21 heavy (non-hydrogen) atoms. The summed E-state index contributed by atoms with van der Waals surface area (Å²) in [5.74, 6) is 0.740. The van der Waals surface area contributed by atoms with Gasteiger partial charge >= 0.3 is 0 Å². The van der Waals surface area contributed by atoms with Gasteiger partial charge in [0.25, 0.3) is 0 Å². The van der Waals surface area contributed by atoms with Crippen molar-refractivity contribution in [2.75, 3.05) is 13.7 Å². The first-order valence-electron chi connectivity index (χ1n) is 6.69. The Morgan fingerprint density at radius 1 is 1.24 bits per heavy atom. The van der Waals surface area contributed by atoms with Crippen molar-refractivity contribution in [1.82, 2.24) is 15.3 Å². The van der Waals surface area contributed by atoms with Crippen molar-refractivity contribution >= 4 is 31.9 Å². The number of methoxy groups -OCH3 is 1. The molecule has 1 N–H and O–H groups in total. The molecule has 2 rings (SSSR count). The fourth-order valence-corrected chi connectivity index (χ4v) is 3.22. The molecule has 0 saturated carbocycles. The smallest absolute Gasteiger partial charge is 0.137 e. The maximum atomic E-state index is 5.26. The number of hydrogen-bond donors (Lipinski definition) is 1. The molecule has 0 aliphatic rings. The van der Waals surface area contributed by atoms with E-state index < -0.39 is 0 Å². The van der Waals surface area contributed by atoms with Crippen LogP contribution in [0.4, 0.5) is 0 Å². The highest BCUT2D eigenvalue weighted by atomic mass is 79.9. The number of nitrogens with zero attached hydrogens (tertiary/aromatic N) is 2. The Kier molecular flexibility index (Phi) is 6.14. The molecule has 0 aromatic carbocycles. The molecule has 2 aromatic rings. The third kappa shape index (κ3) is 4.25. The number of halogens is 2. The average Bonchev–Trinajstić information content (AvgIpc) is 2.49. The van der Waals surface area contributed by atoms with E-state index >= 15 is 0 Å². The fourth-order valence-electron chi connectivity index (χ4n) is 2.00. The van der Waals surface area contributed by atoms with E-state index in [1.807, 2.05) is 18.3 Å². The van der Waals surface area contributed by atoms with Crippen LogP contribution in [-0.2, 0) is 0 Å². The lowest BCUT2D eigenvalue weighted by Gasteiger charge is -2.20. The van der Waals surface area contributed by atoms with E-state index in [2.05, 4.69) is 54.1 Å². The van der Waals surface area contributed by atoms with E-state index in [-0.39, 0.29) is 6.04 Å². The summed E-state index contributed by atoms with van der Waals surface area (Å²) in [6.45, 7) is 3.03. The Balaban J connectivity index is 2.41. The van der Waals surface area contributed by atoms with Gasteiger partial charge in [-0.3, -0.25) is 9.97 Å². The number of aromatic nitrogens is 2. The number of pyridine rings is 2. The van der Waals surface area contributed by atoms with Gasteiger partial charge in [-0.05, 0) is 62.5 Å². The van der Waals surface area contributed by atoms with Crippen LogP contribution in [0.15, 0.2) is 39.7 Å². The lowest BCUT2D eigenvalue weighted by molar-refractivity contribution is 0.411. The molecule has 1 unspecified atom stereocenters. The molecule has 0 amide bonds. The van der Waals surface area contributed by atoms with Crippen LogP contribution in [0.1, 0.15) is 30.6 Å². The zero-order valence-corrected chi connectivity index (χ0v) is 15.1. The van der Waals surface area contributed by atoms with Crippen molar-refractivity contribution in [2.45, 2.75) is 19.4 Å². The third-order valence-corrected chi connectivity index (χ3v) is 4.08. The topological polar surface area (TPSA) is 47.0 Å². The van der Waals surface area contributed by atoms with Crippen LogP contribution in [0, 0.1) is 0 Å². The number of nitrogens with one attached hydrogen (secondary N) is 1. The van der Waals surface area contributed by atoms with E-state index in [1.54, 1.807) is 19.5 Å². The van der Waals surface area contributed by atoms with Crippen molar-refractivity contribution in [3.05, 3.63) is 50.9 Å². The Morgan fingerprint density at radius 3 is 2.71 bits per heavy atom. The minimum Gasteiger partial charge on any atom is -0.495 e. The van der Waals surface area contributed by atoms with Crippen molar-refractivity contribution in [3.63, 3.8) is 0 Å². The van der Waals surface area contributed by atoms with Gasteiger partial charge < -0.3 is 10.1 Å². The molecule has 0 aliphatic carbocycles. The van der Waals surface area contributed by atoms with Crippen LogP contribution in [0.25, 0.3) is 0 Å². The van der Waals surface area contributed by atoms with Gasteiger partial charge in [0, 0.05) is 21.3 Å². The molecule has 0 spiro atoms. The monoisotopic (exact) mass is 413 g/mol. The molecule has 6 heteroatoms. The highest BCUT2D eigenvalue weighted by Gasteiger charge is 2.19. The van der Waals surface area contributed by atoms with Gasteiger partial charge in [0.05, 0.1) is 25.0 Å². The van der Waals surface area contributed by atoms with Gasteiger partial charge in [-0.1, -0.05) is 6.92 Å². The first-order chi connectivity index (χ1) is 10.2. The summed E-state index contributed by atoms with van der Waals surface area (Å²) in [4.78, 5) is 8.78. The van der Waals surface area contributed by atoms with E-state index in [0.717, 1.165) is 38.9 Å². The van der Waals surface area contributed by atoms with E-state index in [0.29, 0.717) is 0 Å². The van der Waals surface area contributed by atoms with Gasteiger partial charge in [-0.15, -0.1) is 0 Å². The zero-order chi connectivity index (χ0) is 15.2. The molecule has 4 nitrogen and oxygen atoms in total. The van der Waals surface area contributed by atoms with Crippen LogP contribution in [0.2, 0.25) is 0 Å². The third-order valence-electron chi connectivity index (χ3n) is 3.01. The summed E-state index contributed by atoms with van der Waals surface area (Å²) in [7, 11) is 1.64. The highest BCUT2D eigenvalue weighted by Crippen LogP contribution is 2.29. The van der Waals surface area contributed by atoms with E-state index in [1.165, 1.54) is 0 Å². The summed E-state index contributed by atoms with van der Waals surface area (Å²) in [5.41, 5.74) is 1.96. The molecule has 2 aromatic heterocycles. The molecule has 112 valence electrons. The molecular formula is C15H17Br2N3O. The molecule has 0 radical (unpaired) electrons. The van der Waals surface area contributed by atoms with Crippen LogP contribution in [0.3, 0.4) is 0 Å². The lowest BCUT2D eigenvalue weighted by atomic mass is 10.0. The van der Waals surface area contributed by atoms with Crippen LogP contribution in [-0.4, -0.2) is 23.6 Å². The summed E-state index contributed by atoms with van der Waals surface area (Å²) in [5, 5.41) is 3.51. The maximum absolute atomic E-state index is 5.26. The Bertz CT molecular complexity index is 607. The predicted molar refractivity (Wildman–Crippen MR) is 90.6 cm³/mol. The zero-order valence-electron chi connectivity index (χ0n) is 11.9. The maximum Gasteiger partial charge on any atom is 0.137 e. The van der Waals surface area contributed by atoms with Crippen molar-refractivity contribution in [2.24, 2.45) is 0 Å². The summed E-state index contributed by atoms with van der Waals surface area (Å²) >= 11 is 7.02. The van der Waals surface area contributed by atoms with Crippen molar-refractivity contribution in [3.8, 4) is 5.75 Å². The molecule has 1 atom stereocenters. The number of ether oxygens (including phenoxy) is 1. The van der Waals surface area contributed by atoms with Crippen molar-refractivity contribution in [1.29, 1.82) is 0 Å². The summed E-state index contributed by atoms with van der Waals surface area (Å²) in [6, 6.07) is 3.95. The van der Waals surface area contributed by atoms with E-state index in [4.69, 9.17) is 4.74 Å². The van der Waals surface area contributed by atoms with Crippen molar-refractivity contribution < 1.29 is 4.74 Å². The van der Waals surface area contributed by atoms with Crippen LogP contribution >= 0.6 is 31.9 Å². The number of rotatable bonds is 6. The quantitative estimate of drug-likeness (QED) is 0.772. The second-order valence-corrected chi connectivity index (χ2v) is 6.34. The van der Waals surface area contributed by atoms with Gasteiger partial charge in [-0.25, -0.2) is 0 Å². The standard InChI is InChI=1S/C15H17Br2N3O/c1-3-4-19-14(10-5-12(21-2)9-18-7-10)15-13(17)6-11(16)8-20-15/h5-9,14,19H,3-4H2,1-2H3. The fraction of sp³-hybridized carbons (Fsp3) is 0.333. The SMILES string of the molecule is CCCNC(c1cncc(OC)c1)c1ncc(Br)cc1Br. The minimum absolute atomic E-state index is 0.0324. The second kappa shape index (κ2) is 7.87. The Labute approximate surface area is 141 Å². The Hall–Kier alpha value is -0.980. The molecular weight excluding hydrogens is 398 g/mol. The second-order valence-electron chi connectivity index (χ2n) is 4.57. The Morgan fingerprint density at radius 2 is 2.05 bits per heavy atom. The molecule has 0 bridgehead atoms. The largest absolute Gasteiger partial charge is 0.495 e. The summed E-state index contributed by atoms with van der Waals surface area (Å²) < 4.78 is 7.16. The number of hydrogen-bond acceptors (Lipinski definition) is 4. The van der Waals surface area contributed by atoms with E-state index in [9.17, 15) is 0 Å². The predicted octanol–water partition coefficient (Wildman–Crippen LogP) is 4.10. The highest BCUT2D eigenvalue weighted by molar-refractivity contribution is 9.11. The van der Waals surface area contributed by atoms with Crippen LogP contribution < -0.4 is 10.1 Å². The molecule has 2 heterocycles. The van der Waals surface area contributed by atoms with Crippen LogP contribution in [0.5, 0.6) is 5.75 Å². The summed E-state index contributed by atoms with van der Waals surface area (Å²) in [6.07, 6.45) is 6.38. The lowest BCUT2D eigenvalue weighted by Crippen LogP contribution is -2.24. The van der Waals surface area contributed by atoms with Gasteiger partial charge in [0.2, 0.25) is 0 Å². The average molecular weight is 415 g/mol. The first kappa shape index (κ1) is 16.4. The first-order valence-corrected chi connectivity index (χ1v) is 8.27. The molecule has 0 aliphatic heterocycles.